The van der Waals surface area contributed by atoms with E-state index < -0.39 is 0 Å². The molecular weight excluding hydrogens is 184 g/mol. The van der Waals surface area contributed by atoms with Gasteiger partial charge in [0.1, 0.15) is 0 Å². The van der Waals surface area contributed by atoms with Crippen molar-refractivity contribution in [1.29, 1.82) is 0 Å². The molecule has 0 bridgehead atoms. The lowest BCUT2D eigenvalue weighted by Gasteiger charge is -1.98. The normalized spacial score (nSPS) is 13.9. The van der Waals surface area contributed by atoms with Gasteiger partial charge in [-0.1, -0.05) is 29.3 Å². The largest absolute Gasteiger partial charge is 0.179 e. The van der Waals surface area contributed by atoms with E-state index in [1.807, 2.05) is 0 Å². The maximum absolute atomic E-state index is 4.11. The Morgan fingerprint density at radius 1 is 1.50 bits per heavy atom. The first-order valence-corrected chi connectivity index (χ1v) is 4.57. The Bertz CT molecular complexity index is 45.8. The Morgan fingerprint density at radius 3 is 2.50 bits per heavy atom. The summed E-state index contributed by atoms with van der Waals surface area (Å²) in [6.45, 7) is 2.18. The van der Waals surface area contributed by atoms with Crippen molar-refractivity contribution in [2.45, 2.75) is 31.0 Å². The molecule has 0 aliphatic rings. The number of hydrogen-bond donors (Lipinski definition) is 1. The molecule has 0 fully saturated rings. The molecule has 0 aromatic carbocycles. The van der Waals surface area contributed by atoms with Crippen molar-refractivity contribution in [2.24, 2.45) is 0 Å². The minimum atomic E-state index is 0.683. The molecule has 0 spiro atoms. The van der Waals surface area contributed by atoms with Crippen molar-refractivity contribution in [2.75, 3.05) is 5.75 Å². The molecule has 0 aliphatic heterocycles. The van der Waals surface area contributed by atoms with Gasteiger partial charge in [-0.05, 0) is 18.6 Å². The van der Waals surface area contributed by atoms with Crippen LogP contribution in [0.4, 0.5) is 0 Å². The average Bonchev–Trinajstić information content (AvgIpc) is 1.66. The third kappa shape index (κ3) is 6.83. The Kier molecular flexibility index (Phi) is 6.58. The first-order valence-electron chi connectivity index (χ1n) is 3.02. The van der Waals surface area contributed by atoms with Crippen LogP contribution in [0.3, 0.4) is 0 Å². The number of halogens is 1. The molecule has 0 amide bonds. The predicted octanol–water partition coefficient (Wildman–Crippen LogP) is 2.87. The highest BCUT2D eigenvalue weighted by Gasteiger charge is 1.92. The third-order valence-electron chi connectivity index (χ3n) is 1.01. The zero-order valence-electron chi connectivity index (χ0n) is 5.23. The highest BCUT2D eigenvalue weighted by molar-refractivity contribution is 9.09. The second kappa shape index (κ2) is 5.96. The molecule has 0 saturated heterocycles. The molecule has 0 radical (unpaired) electrons. The fourth-order valence-corrected chi connectivity index (χ4v) is 1.08. The van der Waals surface area contributed by atoms with E-state index in [4.69, 9.17) is 0 Å². The molecule has 0 rings (SSSR count). The maximum Gasteiger partial charge on any atom is 0.0117 e. The molecule has 0 saturated carbocycles. The number of rotatable bonds is 4. The summed E-state index contributed by atoms with van der Waals surface area (Å²) in [4.78, 5) is 0.683. The molecule has 0 heterocycles. The Balaban J connectivity index is 2.72. The van der Waals surface area contributed by atoms with Gasteiger partial charge in [0.25, 0.3) is 0 Å². The van der Waals surface area contributed by atoms with Crippen LogP contribution in [0.2, 0.25) is 0 Å². The lowest BCUT2D eigenvalue weighted by molar-refractivity contribution is 0.725. The van der Waals surface area contributed by atoms with E-state index in [1.54, 1.807) is 0 Å². The van der Waals surface area contributed by atoms with Gasteiger partial charge in [0.05, 0.1) is 0 Å². The van der Waals surface area contributed by atoms with E-state index in [0.717, 1.165) is 5.75 Å². The van der Waals surface area contributed by atoms with Gasteiger partial charge in [0.15, 0.2) is 0 Å². The van der Waals surface area contributed by atoms with E-state index in [9.17, 15) is 0 Å². The first kappa shape index (κ1) is 8.83. The number of thiol groups is 1. The second-order valence-electron chi connectivity index (χ2n) is 2.00. The summed E-state index contributed by atoms with van der Waals surface area (Å²) >= 11 is 7.59. The average molecular weight is 197 g/mol. The summed E-state index contributed by atoms with van der Waals surface area (Å²) in [5, 5.41) is 0. The summed E-state index contributed by atoms with van der Waals surface area (Å²) < 4.78 is 0. The van der Waals surface area contributed by atoms with Gasteiger partial charge in [0, 0.05) is 4.83 Å². The number of alkyl halides is 1. The van der Waals surface area contributed by atoms with E-state index >= 15 is 0 Å². The molecule has 0 aromatic rings. The van der Waals surface area contributed by atoms with Gasteiger partial charge in [-0.2, -0.15) is 12.6 Å². The number of unbranched alkanes of at least 4 members (excludes halogenated alkanes) is 1. The summed E-state index contributed by atoms with van der Waals surface area (Å²) in [5.74, 6) is 1.03. The van der Waals surface area contributed by atoms with Crippen LogP contribution in [0.5, 0.6) is 0 Å². The van der Waals surface area contributed by atoms with E-state index in [1.165, 1.54) is 19.3 Å². The predicted molar refractivity (Wildman–Crippen MR) is 46.1 cm³/mol. The molecule has 0 nitrogen and oxygen atoms in total. The van der Waals surface area contributed by atoms with Crippen molar-refractivity contribution >= 4 is 28.6 Å². The van der Waals surface area contributed by atoms with Crippen molar-refractivity contribution in [3.8, 4) is 0 Å². The van der Waals surface area contributed by atoms with Crippen molar-refractivity contribution in [1.82, 2.24) is 0 Å². The van der Waals surface area contributed by atoms with Crippen molar-refractivity contribution in [3.63, 3.8) is 0 Å². The monoisotopic (exact) mass is 196 g/mol. The second-order valence-corrected chi connectivity index (χ2v) is 4.01. The molecule has 1 unspecified atom stereocenters. The quantitative estimate of drug-likeness (QED) is 0.400. The zero-order chi connectivity index (χ0) is 6.41. The van der Waals surface area contributed by atoms with E-state index in [2.05, 4.69) is 35.5 Å². The van der Waals surface area contributed by atoms with Crippen molar-refractivity contribution < 1.29 is 0 Å². The minimum Gasteiger partial charge on any atom is -0.179 e. The zero-order valence-corrected chi connectivity index (χ0v) is 7.71. The highest BCUT2D eigenvalue weighted by atomic mass is 79.9. The molecule has 0 aliphatic carbocycles. The van der Waals surface area contributed by atoms with Crippen LogP contribution in [0.15, 0.2) is 0 Å². The lowest BCUT2D eigenvalue weighted by atomic mass is 10.2. The standard InChI is InChI=1S/C6H13BrS/c1-6(7)4-2-3-5-8/h6,8H,2-5H2,1H3. The van der Waals surface area contributed by atoms with Crippen molar-refractivity contribution in [3.05, 3.63) is 0 Å². The molecule has 0 aromatic heterocycles. The van der Waals surface area contributed by atoms with Gasteiger partial charge < -0.3 is 0 Å². The van der Waals surface area contributed by atoms with Crippen LogP contribution >= 0.6 is 28.6 Å². The van der Waals surface area contributed by atoms with Crippen LogP contribution in [-0.4, -0.2) is 10.6 Å². The van der Waals surface area contributed by atoms with Crippen LogP contribution in [-0.2, 0) is 0 Å². The van der Waals surface area contributed by atoms with Gasteiger partial charge in [0.2, 0.25) is 0 Å². The molecule has 50 valence electrons. The van der Waals surface area contributed by atoms with Gasteiger partial charge in [-0.25, -0.2) is 0 Å². The topological polar surface area (TPSA) is 0 Å². The van der Waals surface area contributed by atoms with Gasteiger partial charge >= 0.3 is 0 Å². The minimum absolute atomic E-state index is 0.683. The van der Waals surface area contributed by atoms with Crippen LogP contribution in [0.25, 0.3) is 0 Å². The molecule has 8 heavy (non-hydrogen) atoms. The van der Waals surface area contributed by atoms with E-state index in [-0.39, 0.29) is 0 Å². The Hall–Kier alpha value is 0.830. The fraction of sp³-hybridized carbons (Fsp3) is 1.00. The summed E-state index contributed by atoms with van der Waals surface area (Å²) in [5.41, 5.74) is 0. The van der Waals surface area contributed by atoms with Crippen LogP contribution < -0.4 is 0 Å². The third-order valence-corrected chi connectivity index (χ3v) is 1.78. The smallest absolute Gasteiger partial charge is 0.0117 e. The molecule has 0 N–H and O–H groups in total. The lowest BCUT2D eigenvalue weighted by Crippen LogP contribution is -1.88. The van der Waals surface area contributed by atoms with Gasteiger partial charge in [-0.15, -0.1) is 0 Å². The SMILES string of the molecule is CC(Br)CCCCS. The highest BCUT2D eigenvalue weighted by Crippen LogP contribution is 2.08. The molecule has 2 heteroatoms. The summed E-state index contributed by atoms with van der Waals surface area (Å²) in [6.07, 6.45) is 3.83. The Labute approximate surface area is 65.6 Å². The first-order chi connectivity index (χ1) is 3.77. The molecular formula is C6H13BrS. The summed E-state index contributed by atoms with van der Waals surface area (Å²) in [7, 11) is 0. The number of hydrogen-bond acceptors (Lipinski definition) is 1. The maximum atomic E-state index is 4.11. The van der Waals surface area contributed by atoms with Crippen LogP contribution in [0.1, 0.15) is 26.2 Å². The Morgan fingerprint density at radius 2 is 2.12 bits per heavy atom. The van der Waals surface area contributed by atoms with Gasteiger partial charge in [-0.3, -0.25) is 0 Å². The fourth-order valence-electron chi connectivity index (χ4n) is 0.537. The summed E-state index contributed by atoms with van der Waals surface area (Å²) in [6, 6.07) is 0. The van der Waals surface area contributed by atoms with Crippen LogP contribution in [0, 0.1) is 0 Å². The molecule has 1 atom stereocenters. The van der Waals surface area contributed by atoms with E-state index in [0.29, 0.717) is 4.83 Å².